The third-order valence-electron chi connectivity index (χ3n) is 5.06. The van der Waals surface area contributed by atoms with E-state index in [1.54, 1.807) is 72.8 Å². The number of rotatable bonds is 6. The van der Waals surface area contributed by atoms with Gasteiger partial charge in [0, 0.05) is 33.4 Å². The summed E-state index contributed by atoms with van der Waals surface area (Å²) in [6.45, 7) is 8.90. The molecule has 3 rings (SSSR count). The Bertz CT molecular complexity index is 1190. The fraction of sp³-hybridized carbons (Fsp3) is 0.200. The largest absolute Gasteiger partial charge is 0.295 e. The Hall–Kier alpha value is -4.32. The van der Waals surface area contributed by atoms with Gasteiger partial charge in [0.25, 0.3) is 0 Å². The van der Waals surface area contributed by atoms with E-state index in [2.05, 4.69) is 0 Å². The maximum absolute atomic E-state index is 11.0. The highest BCUT2D eigenvalue weighted by atomic mass is 16.1. The number of benzene rings is 3. The fourth-order valence-electron chi connectivity index (χ4n) is 2.99. The molecule has 0 aliphatic heterocycles. The first-order chi connectivity index (χ1) is 16.8. The predicted molar refractivity (Wildman–Crippen MR) is 139 cm³/mol. The molecule has 0 unspecified atom stereocenters. The summed E-state index contributed by atoms with van der Waals surface area (Å²) < 4.78 is 0. The number of ketones is 6. The molecule has 0 atom stereocenters. The first-order valence-electron chi connectivity index (χ1n) is 11.2. The van der Waals surface area contributed by atoms with Gasteiger partial charge in [-0.15, -0.1) is 0 Å². The lowest BCUT2D eigenvalue weighted by atomic mass is 10.0. The van der Waals surface area contributed by atoms with E-state index in [9.17, 15) is 28.8 Å². The summed E-state index contributed by atoms with van der Waals surface area (Å²) in [5.41, 5.74) is 3.46. The average Bonchev–Trinajstić information content (AvgIpc) is 2.84. The molecule has 0 saturated carbocycles. The molecule has 0 saturated heterocycles. The molecule has 6 nitrogen and oxygen atoms in total. The minimum Gasteiger partial charge on any atom is -0.295 e. The Morgan fingerprint density at radius 1 is 0.361 bits per heavy atom. The highest BCUT2D eigenvalue weighted by Gasteiger charge is 2.08. The summed E-state index contributed by atoms with van der Waals surface area (Å²) in [6.07, 6.45) is 0. The Morgan fingerprint density at radius 3 is 0.917 bits per heavy atom. The Balaban J connectivity index is 0.000000270. The minimum absolute atomic E-state index is 0.0156. The van der Waals surface area contributed by atoms with Crippen LogP contribution in [0.5, 0.6) is 0 Å². The molecule has 0 fully saturated rings. The van der Waals surface area contributed by atoms with Crippen molar-refractivity contribution in [3.8, 4) is 0 Å². The lowest BCUT2D eigenvalue weighted by Gasteiger charge is -2.00. The molecule has 0 aromatic heterocycles. The number of hydrogen-bond acceptors (Lipinski definition) is 6. The first kappa shape index (κ1) is 29.7. The second-order valence-corrected chi connectivity index (χ2v) is 8.04. The lowest BCUT2D eigenvalue weighted by Crippen LogP contribution is -2.02. The van der Waals surface area contributed by atoms with Gasteiger partial charge in [-0.3, -0.25) is 28.8 Å². The van der Waals surface area contributed by atoms with Crippen molar-refractivity contribution < 1.29 is 28.8 Å². The molecule has 186 valence electrons. The van der Waals surface area contributed by atoms with E-state index in [-0.39, 0.29) is 34.7 Å². The van der Waals surface area contributed by atoms with Gasteiger partial charge in [-0.2, -0.15) is 0 Å². The van der Waals surface area contributed by atoms with Crippen LogP contribution < -0.4 is 0 Å². The van der Waals surface area contributed by atoms with E-state index in [1.165, 1.54) is 41.5 Å². The van der Waals surface area contributed by atoms with E-state index in [0.29, 0.717) is 33.4 Å². The van der Waals surface area contributed by atoms with E-state index in [1.807, 2.05) is 0 Å². The SMILES string of the molecule is CC(=O)c1ccc(C(C)=O)cc1.CC(=O)c1cccc(C(C)=O)c1.CC(=O)c1ccccc1C(C)=O. The zero-order chi connectivity index (χ0) is 27.4. The monoisotopic (exact) mass is 486 g/mol. The van der Waals surface area contributed by atoms with Gasteiger partial charge in [-0.05, 0) is 47.6 Å². The summed E-state index contributed by atoms with van der Waals surface area (Å²) >= 11 is 0. The van der Waals surface area contributed by atoms with E-state index in [0.717, 1.165) is 0 Å². The van der Waals surface area contributed by atoms with Crippen LogP contribution in [0.3, 0.4) is 0 Å². The molecular weight excluding hydrogens is 456 g/mol. The molecule has 0 aliphatic rings. The van der Waals surface area contributed by atoms with Crippen LogP contribution >= 0.6 is 0 Å². The third-order valence-corrected chi connectivity index (χ3v) is 5.06. The van der Waals surface area contributed by atoms with Gasteiger partial charge in [0.15, 0.2) is 34.7 Å². The molecule has 0 amide bonds. The van der Waals surface area contributed by atoms with Gasteiger partial charge < -0.3 is 0 Å². The van der Waals surface area contributed by atoms with Gasteiger partial charge in [0.2, 0.25) is 0 Å². The van der Waals surface area contributed by atoms with Crippen LogP contribution in [-0.2, 0) is 0 Å². The number of Topliss-reactive ketones (excluding diaryl/α,β-unsaturated/α-hetero) is 6. The van der Waals surface area contributed by atoms with Crippen molar-refractivity contribution in [1.82, 2.24) is 0 Å². The van der Waals surface area contributed by atoms with Crippen LogP contribution in [-0.4, -0.2) is 34.7 Å². The van der Waals surface area contributed by atoms with Crippen LogP contribution in [0.25, 0.3) is 0 Å². The highest BCUT2D eigenvalue weighted by molar-refractivity contribution is 6.07. The zero-order valence-corrected chi connectivity index (χ0v) is 21.4. The lowest BCUT2D eigenvalue weighted by molar-refractivity contribution is 0.0981. The minimum atomic E-state index is -0.0687. The predicted octanol–water partition coefficient (Wildman–Crippen LogP) is 6.28. The number of carbonyl (C=O) groups excluding carboxylic acids is 6. The Labute approximate surface area is 211 Å². The molecule has 0 spiro atoms. The van der Waals surface area contributed by atoms with E-state index in [4.69, 9.17) is 0 Å². The fourth-order valence-corrected chi connectivity index (χ4v) is 2.99. The normalized spacial score (nSPS) is 9.50. The summed E-state index contributed by atoms with van der Waals surface area (Å²) in [7, 11) is 0. The topological polar surface area (TPSA) is 102 Å². The summed E-state index contributed by atoms with van der Waals surface area (Å²) in [5.74, 6) is -0.131. The van der Waals surface area contributed by atoms with Crippen molar-refractivity contribution in [1.29, 1.82) is 0 Å². The average molecular weight is 487 g/mol. The molecule has 3 aromatic carbocycles. The molecular formula is C30H30O6. The molecule has 0 radical (unpaired) electrons. The van der Waals surface area contributed by atoms with Crippen molar-refractivity contribution in [2.45, 2.75) is 41.5 Å². The van der Waals surface area contributed by atoms with E-state index >= 15 is 0 Å². The summed E-state index contributed by atoms with van der Waals surface area (Å²) in [6, 6.07) is 20.2. The van der Waals surface area contributed by atoms with Crippen LogP contribution in [0.4, 0.5) is 0 Å². The van der Waals surface area contributed by atoms with Crippen molar-refractivity contribution in [3.63, 3.8) is 0 Å². The maximum Gasteiger partial charge on any atom is 0.160 e. The second kappa shape index (κ2) is 14.2. The summed E-state index contributed by atoms with van der Waals surface area (Å²) in [5, 5.41) is 0. The van der Waals surface area contributed by atoms with Crippen molar-refractivity contribution in [2.75, 3.05) is 0 Å². The van der Waals surface area contributed by atoms with Crippen LogP contribution in [0.2, 0.25) is 0 Å². The first-order valence-corrected chi connectivity index (χ1v) is 11.2. The van der Waals surface area contributed by atoms with Gasteiger partial charge in [-0.25, -0.2) is 0 Å². The van der Waals surface area contributed by atoms with Gasteiger partial charge >= 0.3 is 0 Å². The maximum atomic E-state index is 11.0. The third kappa shape index (κ3) is 9.50. The smallest absolute Gasteiger partial charge is 0.160 e. The van der Waals surface area contributed by atoms with Crippen LogP contribution in [0.15, 0.2) is 72.8 Å². The molecule has 36 heavy (non-hydrogen) atoms. The second-order valence-electron chi connectivity index (χ2n) is 8.04. The van der Waals surface area contributed by atoms with Crippen molar-refractivity contribution in [3.05, 3.63) is 106 Å². The van der Waals surface area contributed by atoms with Crippen LogP contribution in [0.1, 0.15) is 104 Å². The van der Waals surface area contributed by atoms with E-state index < -0.39 is 0 Å². The standard InChI is InChI=1S/3C10H10O2/c1-7(11)9-3-5-10(6-4-9)8(2)12;1-7(11)9-4-3-5-10(6-9)8(2)12;1-7(11)9-5-3-4-6-10(9)8(2)12/h3*3-6H,1-2H3. The van der Waals surface area contributed by atoms with Crippen molar-refractivity contribution >= 4 is 34.7 Å². The van der Waals surface area contributed by atoms with Gasteiger partial charge in [-0.1, -0.05) is 66.7 Å². The summed E-state index contributed by atoms with van der Waals surface area (Å²) in [4.78, 5) is 65.5. The Morgan fingerprint density at radius 2 is 0.667 bits per heavy atom. The highest BCUT2D eigenvalue weighted by Crippen LogP contribution is 2.10. The quantitative estimate of drug-likeness (QED) is 0.380. The number of carbonyl (C=O) groups is 6. The molecule has 0 bridgehead atoms. The Kier molecular flexibility index (Phi) is 11.7. The molecule has 6 heteroatoms. The van der Waals surface area contributed by atoms with Gasteiger partial charge in [0.05, 0.1) is 0 Å². The zero-order valence-electron chi connectivity index (χ0n) is 21.4. The molecule has 0 N–H and O–H groups in total. The molecule has 3 aromatic rings. The van der Waals surface area contributed by atoms with Crippen molar-refractivity contribution in [2.24, 2.45) is 0 Å². The molecule has 0 aliphatic carbocycles. The molecule has 0 heterocycles. The van der Waals surface area contributed by atoms with Gasteiger partial charge in [0.1, 0.15) is 0 Å². The van der Waals surface area contributed by atoms with Crippen LogP contribution in [0, 0.1) is 0 Å². The number of hydrogen-bond donors (Lipinski definition) is 0.